The molecule has 0 fully saturated rings. The van der Waals surface area contributed by atoms with E-state index in [1.54, 1.807) is 12.1 Å². The first-order valence-corrected chi connectivity index (χ1v) is 10.6. The lowest BCUT2D eigenvalue weighted by molar-refractivity contribution is 0.300. The lowest BCUT2D eigenvalue weighted by Crippen LogP contribution is -1.95. The third-order valence-corrected chi connectivity index (χ3v) is 4.80. The summed E-state index contributed by atoms with van der Waals surface area (Å²) in [4.78, 5) is 9.14. The summed E-state index contributed by atoms with van der Waals surface area (Å²) in [6.07, 6.45) is 14.3. The highest BCUT2D eigenvalue weighted by atomic mass is 31.2. The van der Waals surface area contributed by atoms with Gasteiger partial charge in [0.05, 0.1) is 0 Å². The molecule has 1 rings (SSSR count). The monoisotopic (exact) mass is 352 g/mol. The molecule has 1 unspecified atom stereocenters. The Bertz CT molecular complexity index is 478. The number of aryl methyl sites for hydroxylation is 1. The van der Waals surface area contributed by atoms with Crippen molar-refractivity contribution >= 4 is 15.9 Å². The molecule has 0 aliphatic heterocycles. The summed E-state index contributed by atoms with van der Waals surface area (Å²) in [5, 5.41) is 0. The van der Waals surface area contributed by atoms with Crippen LogP contribution in [-0.2, 0) is 15.4 Å². The number of benzene rings is 1. The highest BCUT2D eigenvalue weighted by Gasteiger charge is 2.19. The van der Waals surface area contributed by atoms with Crippen molar-refractivity contribution in [1.82, 2.24) is 0 Å². The second-order valence-corrected chi connectivity index (χ2v) is 7.57. The number of rotatable bonds is 14. The molecule has 0 saturated carbocycles. The fourth-order valence-electron chi connectivity index (χ4n) is 2.69. The molecule has 0 spiro atoms. The molecule has 0 heterocycles. The first kappa shape index (κ1) is 21.3. The van der Waals surface area contributed by atoms with E-state index in [2.05, 4.69) is 11.4 Å². The Morgan fingerprint density at radius 1 is 0.917 bits per heavy atom. The van der Waals surface area contributed by atoms with Gasteiger partial charge in [0.15, 0.2) is 0 Å². The van der Waals surface area contributed by atoms with E-state index in [9.17, 15) is 4.57 Å². The molecule has 1 atom stereocenters. The van der Waals surface area contributed by atoms with Gasteiger partial charge in [-0.1, -0.05) is 76.8 Å². The predicted molar refractivity (Wildman–Crippen MR) is 99.3 cm³/mol. The van der Waals surface area contributed by atoms with Crippen LogP contribution in [0, 0.1) is 0 Å². The van der Waals surface area contributed by atoms with Crippen molar-refractivity contribution in [2.24, 2.45) is 0 Å². The fraction of sp³-hybridized carbons (Fsp3) is 0.667. The molecule has 134 valence electrons. The van der Waals surface area contributed by atoms with E-state index in [0.717, 1.165) is 6.42 Å². The highest BCUT2D eigenvalue weighted by molar-refractivity contribution is 7.48. The van der Waals surface area contributed by atoms with E-state index in [-0.39, 0.29) is 5.75 Å². The topological polar surface area (TPSA) is 55.8 Å². The van der Waals surface area contributed by atoms with Crippen molar-refractivity contribution < 1.29 is 18.4 Å². The van der Waals surface area contributed by atoms with Gasteiger partial charge in [0.25, 0.3) is 0 Å². The Labute approximate surface area is 148 Å². The van der Waals surface area contributed by atoms with Gasteiger partial charge in [-0.25, -0.2) is 4.57 Å². The average Bonchev–Trinajstić information content (AvgIpc) is 2.58. The number of phosphoric ester groups is 1. The van der Waals surface area contributed by atoms with Gasteiger partial charge in [-0.2, -0.15) is 0 Å². The predicted octanol–water partition coefficient (Wildman–Crippen LogP) is 5.73. The Kier molecular flexibility index (Phi) is 11.2. The van der Waals surface area contributed by atoms with Gasteiger partial charge >= 0.3 is 15.9 Å². The maximum atomic E-state index is 11.2. The van der Waals surface area contributed by atoms with Crippen LogP contribution in [-0.4, -0.2) is 12.9 Å². The molecule has 0 aliphatic rings. The van der Waals surface area contributed by atoms with Crippen LogP contribution < -0.4 is 4.52 Å². The van der Waals surface area contributed by atoms with Gasteiger partial charge < -0.3 is 8.96 Å². The maximum Gasteiger partial charge on any atom is 0.511 e. The third kappa shape index (κ3) is 10.2. The second-order valence-electron chi connectivity index (χ2n) is 6.24. The van der Waals surface area contributed by atoms with Crippen LogP contribution in [0.1, 0.15) is 76.7 Å². The first-order chi connectivity index (χ1) is 11.6. The summed E-state index contributed by atoms with van der Waals surface area (Å²) in [6.45, 7) is 2.25. The average molecular weight is 352 g/mol. The van der Waals surface area contributed by atoms with Crippen molar-refractivity contribution in [2.75, 3.05) is 0 Å². The van der Waals surface area contributed by atoms with Gasteiger partial charge in [0, 0.05) is 0 Å². The molecule has 2 radical (unpaired) electrons. The molecule has 0 aliphatic carbocycles. The molecule has 24 heavy (non-hydrogen) atoms. The van der Waals surface area contributed by atoms with Gasteiger partial charge in [-0.15, -0.1) is 0 Å². The van der Waals surface area contributed by atoms with Gasteiger partial charge in [-0.05, 0) is 30.5 Å². The van der Waals surface area contributed by atoms with E-state index in [1.165, 1.54) is 69.8 Å². The molecule has 0 saturated heterocycles. The van der Waals surface area contributed by atoms with Crippen LogP contribution in [0.3, 0.4) is 0 Å². The maximum absolute atomic E-state index is 11.2. The molecular weight excluding hydrogens is 322 g/mol. The van der Waals surface area contributed by atoms with E-state index < -0.39 is 7.82 Å². The van der Waals surface area contributed by atoms with E-state index >= 15 is 0 Å². The summed E-state index contributed by atoms with van der Waals surface area (Å²) in [5.41, 5.74) is 1.20. The van der Waals surface area contributed by atoms with Crippen LogP contribution in [0.2, 0.25) is 0 Å². The Balaban J connectivity index is 2.08. The number of phosphoric acid groups is 1. The molecule has 1 aromatic carbocycles. The lowest BCUT2D eigenvalue weighted by atomic mass is 10.0. The Hall–Kier alpha value is -0.765. The van der Waals surface area contributed by atoms with Crippen molar-refractivity contribution in [3.8, 4) is 5.75 Å². The zero-order chi connectivity index (χ0) is 17.7. The number of unbranched alkanes of at least 4 members (excludes halogenated alkanes) is 9. The van der Waals surface area contributed by atoms with Crippen LogP contribution >= 0.6 is 7.82 Å². The number of hydrogen-bond acceptors (Lipinski definition) is 3. The Morgan fingerprint density at radius 2 is 1.42 bits per heavy atom. The molecule has 4 nitrogen and oxygen atoms in total. The quantitative estimate of drug-likeness (QED) is 0.264. The Morgan fingerprint density at radius 3 is 1.92 bits per heavy atom. The van der Waals surface area contributed by atoms with Crippen LogP contribution in [0.15, 0.2) is 24.3 Å². The summed E-state index contributed by atoms with van der Waals surface area (Å²) in [6, 6.07) is 7.13. The summed E-state index contributed by atoms with van der Waals surface area (Å²) < 4.78 is 19.9. The van der Waals surface area contributed by atoms with Gasteiger partial charge in [0.2, 0.25) is 0 Å². The zero-order valence-corrected chi connectivity index (χ0v) is 15.7. The van der Waals surface area contributed by atoms with E-state index in [1.807, 2.05) is 12.1 Å². The molecular formula is C18H30BO4P. The van der Waals surface area contributed by atoms with E-state index in [4.69, 9.17) is 17.5 Å². The van der Waals surface area contributed by atoms with E-state index in [0.29, 0.717) is 0 Å². The summed E-state index contributed by atoms with van der Waals surface area (Å²) in [5.74, 6) is 0.276. The summed E-state index contributed by atoms with van der Waals surface area (Å²) >= 11 is 0. The first-order valence-electron chi connectivity index (χ1n) is 9.07. The van der Waals surface area contributed by atoms with Crippen LogP contribution in [0.5, 0.6) is 5.75 Å². The third-order valence-electron chi connectivity index (χ3n) is 4.10. The van der Waals surface area contributed by atoms with Gasteiger partial charge in [0.1, 0.15) is 5.75 Å². The molecule has 0 bridgehead atoms. The molecule has 1 N–H and O–H groups in total. The SMILES string of the molecule is [B]OP(=O)(O)Oc1ccc(CCCCCCCCCCCC)cc1. The molecule has 6 heteroatoms. The highest BCUT2D eigenvalue weighted by Crippen LogP contribution is 2.42. The zero-order valence-electron chi connectivity index (χ0n) is 14.8. The normalized spacial score (nSPS) is 13.6. The van der Waals surface area contributed by atoms with Crippen molar-refractivity contribution in [1.29, 1.82) is 0 Å². The van der Waals surface area contributed by atoms with Crippen molar-refractivity contribution in [2.45, 2.75) is 77.6 Å². The van der Waals surface area contributed by atoms with Crippen molar-refractivity contribution in [3.63, 3.8) is 0 Å². The fourth-order valence-corrected chi connectivity index (χ4v) is 3.12. The van der Waals surface area contributed by atoms with Crippen molar-refractivity contribution in [3.05, 3.63) is 29.8 Å². The smallest absolute Gasteiger partial charge is 0.405 e. The van der Waals surface area contributed by atoms with Crippen LogP contribution in [0.4, 0.5) is 0 Å². The van der Waals surface area contributed by atoms with Crippen LogP contribution in [0.25, 0.3) is 0 Å². The second kappa shape index (κ2) is 12.6. The molecule has 0 aromatic heterocycles. The number of hydrogen-bond donors (Lipinski definition) is 1. The lowest BCUT2D eigenvalue weighted by Gasteiger charge is -2.11. The largest absolute Gasteiger partial charge is 0.511 e. The minimum atomic E-state index is -4.18. The summed E-state index contributed by atoms with van der Waals surface area (Å²) in [7, 11) is 0.513. The van der Waals surface area contributed by atoms with Gasteiger partial charge in [-0.3, -0.25) is 4.89 Å². The standard InChI is InChI=1S/C18H30BO4P/c1-2-3-4-5-6-7-8-9-10-11-12-17-13-15-18(16-14-17)22-24(20,21)23-19/h13-16H,2-12H2,1H3,(H,20,21). The molecule has 1 aromatic rings. The minimum absolute atomic E-state index is 0.276. The molecule has 0 amide bonds. The minimum Gasteiger partial charge on any atom is -0.405 e.